The molecule has 41 heavy (non-hydrogen) atoms. The van der Waals surface area contributed by atoms with E-state index < -0.39 is 5.60 Å². The number of pyridine rings is 1. The summed E-state index contributed by atoms with van der Waals surface area (Å²) in [5.74, 6) is 8.90. The number of ether oxygens (including phenoxy) is 1. The highest BCUT2D eigenvalue weighted by Crippen LogP contribution is 2.47. The van der Waals surface area contributed by atoms with Crippen LogP contribution in [0.3, 0.4) is 0 Å². The molecule has 0 radical (unpaired) electrons. The first kappa shape index (κ1) is 28.1. The number of thiophene rings is 1. The molecule has 218 valence electrons. The Bertz CT molecular complexity index is 1450. The molecule has 0 aliphatic carbocycles. The van der Waals surface area contributed by atoms with Crippen LogP contribution in [-0.2, 0) is 17.7 Å². The van der Waals surface area contributed by atoms with E-state index in [1.165, 1.54) is 10.6 Å². The number of piperazine rings is 1. The quantitative estimate of drug-likeness (QED) is 0.322. The van der Waals surface area contributed by atoms with Crippen LogP contribution in [0.15, 0.2) is 41.4 Å². The summed E-state index contributed by atoms with van der Waals surface area (Å²) in [7, 11) is 0. The summed E-state index contributed by atoms with van der Waals surface area (Å²) >= 11 is 3.18. The molecule has 2 N–H and O–H groups in total. The Kier molecular flexibility index (Phi) is 7.99. The van der Waals surface area contributed by atoms with Crippen LogP contribution in [0, 0.1) is 0 Å². The van der Waals surface area contributed by atoms with Crippen molar-refractivity contribution in [2.75, 3.05) is 49.9 Å². The van der Waals surface area contributed by atoms with E-state index in [1.54, 1.807) is 28.0 Å². The highest BCUT2D eigenvalue weighted by atomic mass is 32.2. The molecule has 2 aromatic heterocycles. The lowest BCUT2D eigenvalue weighted by Crippen LogP contribution is -2.47. The maximum Gasteiger partial charge on any atom is 0.410 e. The first-order chi connectivity index (χ1) is 19.7. The number of hydrazine groups is 1. The molecule has 0 bridgehead atoms. The zero-order valence-electron chi connectivity index (χ0n) is 23.8. The van der Waals surface area contributed by atoms with E-state index in [2.05, 4.69) is 34.1 Å². The molecule has 5 heterocycles. The lowest BCUT2D eigenvalue weighted by molar-refractivity contribution is 0.0156. The van der Waals surface area contributed by atoms with E-state index in [4.69, 9.17) is 25.4 Å². The summed E-state index contributed by atoms with van der Waals surface area (Å²) in [5, 5.41) is 3.95. The van der Waals surface area contributed by atoms with Gasteiger partial charge in [-0.1, -0.05) is 30.0 Å². The van der Waals surface area contributed by atoms with Gasteiger partial charge in [-0.2, -0.15) is 0 Å². The Hall–Kier alpha value is -3.06. The molecule has 0 atom stereocenters. The number of para-hydroxylation sites is 1. The van der Waals surface area contributed by atoms with Gasteiger partial charge in [-0.15, -0.1) is 16.5 Å². The minimum atomic E-state index is -0.519. The molecule has 0 saturated carbocycles. The topological polar surface area (TPSA) is 99.8 Å². The van der Waals surface area contributed by atoms with Crippen molar-refractivity contribution in [2.24, 2.45) is 10.8 Å². The van der Waals surface area contributed by atoms with E-state index in [0.29, 0.717) is 24.7 Å². The zero-order valence-corrected chi connectivity index (χ0v) is 25.5. The van der Waals surface area contributed by atoms with Gasteiger partial charge in [0, 0.05) is 54.3 Å². The molecule has 3 aromatic rings. The molecule has 1 amide bonds. The van der Waals surface area contributed by atoms with Crippen molar-refractivity contribution in [3.8, 4) is 5.75 Å². The number of hydrogen-bond acceptors (Lipinski definition) is 11. The average molecular weight is 596 g/mol. The third-order valence-electron chi connectivity index (χ3n) is 7.35. The smallest absolute Gasteiger partial charge is 0.410 e. The zero-order chi connectivity index (χ0) is 28.6. The van der Waals surface area contributed by atoms with Gasteiger partial charge in [0.05, 0.1) is 12.1 Å². The summed E-state index contributed by atoms with van der Waals surface area (Å²) in [6.45, 7) is 11.8. The summed E-state index contributed by atoms with van der Waals surface area (Å²) in [5.41, 5.74) is 1.62. The number of fused-ring (bicyclic) bond motifs is 4. The van der Waals surface area contributed by atoms with Gasteiger partial charge in [0.2, 0.25) is 5.17 Å². The second-order valence-electron chi connectivity index (χ2n) is 11.5. The van der Waals surface area contributed by atoms with Crippen molar-refractivity contribution in [2.45, 2.75) is 45.8 Å². The van der Waals surface area contributed by atoms with Gasteiger partial charge in [-0.25, -0.2) is 20.6 Å². The van der Waals surface area contributed by atoms with Crippen LogP contribution in [0.5, 0.6) is 5.75 Å². The third kappa shape index (κ3) is 6.40. The number of anilines is 1. The number of aliphatic imine (C=N–C) groups is 1. The molecule has 10 nitrogen and oxygen atoms in total. The standard InChI is InChI=1S/C29H37N7O3S2/c1-29(2,3)38-28(37)35-13-11-21-23(19-35)41-26-25(21)39-36(30)27(32-26)40-18-6-12-33-14-16-34(17-15-33)24-10-9-20-7-4-5-8-22(20)31-24/h4-5,7-10H,6,11-19,30H2,1-3H3. The van der Waals surface area contributed by atoms with Crippen LogP contribution in [0.1, 0.15) is 37.6 Å². The number of nitrogens with two attached hydrogens (primary N) is 1. The largest absolute Gasteiger partial charge is 0.444 e. The SMILES string of the molecule is CC(C)(C)OC(=O)N1CCc2c(sc3c2ON(N)C(SCCCN2CCN(c4ccc5ccccc5n4)CC2)=N3)C1. The maximum atomic E-state index is 12.6. The second-order valence-corrected chi connectivity index (χ2v) is 13.6. The minimum absolute atomic E-state index is 0.289. The molecule has 6 rings (SSSR count). The number of carbonyl (C=O) groups is 1. The van der Waals surface area contributed by atoms with Crippen LogP contribution in [0.4, 0.5) is 15.6 Å². The van der Waals surface area contributed by atoms with Crippen LogP contribution < -0.4 is 15.6 Å². The molecule has 3 aliphatic heterocycles. The Morgan fingerprint density at radius 1 is 1.12 bits per heavy atom. The van der Waals surface area contributed by atoms with E-state index in [-0.39, 0.29) is 6.09 Å². The molecule has 12 heteroatoms. The Morgan fingerprint density at radius 3 is 2.73 bits per heavy atom. The molecule has 0 spiro atoms. The van der Waals surface area contributed by atoms with Crippen molar-refractivity contribution in [3.63, 3.8) is 0 Å². The van der Waals surface area contributed by atoms with E-state index in [1.807, 2.05) is 32.9 Å². The number of nitrogens with zero attached hydrogens (tertiary/aromatic N) is 6. The molecule has 3 aliphatic rings. The molecule has 1 saturated heterocycles. The van der Waals surface area contributed by atoms with Crippen molar-refractivity contribution in [3.05, 3.63) is 46.8 Å². The maximum absolute atomic E-state index is 12.6. The predicted molar refractivity (Wildman–Crippen MR) is 166 cm³/mol. The molecular formula is C29H37N7O3S2. The van der Waals surface area contributed by atoms with Crippen LogP contribution >= 0.6 is 23.1 Å². The number of thioether (sulfide) groups is 1. The monoisotopic (exact) mass is 595 g/mol. The summed E-state index contributed by atoms with van der Waals surface area (Å²) in [6, 6.07) is 12.6. The number of hydroxylamine groups is 1. The molecule has 1 aromatic carbocycles. The Balaban J connectivity index is 0.980. The van der Waals surface area contributed by atoms with Gasteiger partial charge in [0.15, 0.2) is 10.8 Å². The molecule has 1 fully saturated rings. The van der Waals surface area contributed by atoms with Crippen molar-refractivity contribution in [1.82, 2.24) is 20.0 Å². The van der Waals surface area contributed by atoms with Gasteiger partial charge in [0.25, 0.3) is 0 Å². The van der Waals surface area contributed by atoms with Crippen molar-refractivity contribution < 1.29 is 14.4 Å². The number of hydrogen-bond donors (Lipinski definition) is 1. The number of benzene rings is 1. The van der Waals surface area contributed by atoms with Crippen molar-refractivity contribution >= 4 is 56.1 Å². The summed E-state index contributed by atoms with van der Waals surface area (Å²) < 4.78 is 5.56. The van der Waals surface area contributed by atoms with Gasteiger partial charge < -0.3 is 19.4 Å². The Labute approximate surface area is 249 Å². The van der Waals surface area contributed by atoms with Crippen LogP contribution in [-0.4, -0.2) is 81.8 Å². The summed E-state index contributed by atoms with van der Waals surface area (Å²) in [4.78, 5) is 36.0. The fourth-order valence-corrected chi connectivity index (χ4v) is 7.25. The van der Waals surface area contributed by atoms with E-state index in [0.717, 1.165) is 77.4 Å². The highest BCUT2D eigenvalue weighted by Gasteiger charge is 2.33. The average Bonchev–Trinajstić information content (AvgIpc) is 3.31. The van der Waals surface area contributed by atoms with E-state index >= 15 is 0 Å². The van der Waals surface area contributed by atoms with E-state index in [9.17, 15) is 4.79 Å². The van der Waals surface area contributed by atoms with Crippen LogP contribution in [0.25, 0.3) is 10.9 Å². The van der Waals surface area contributed by atoms with Gasteiger partial charge >= 0.3 is 6.09 Å². The minimum Gasteiger partial charge on any atom is -0.444 e. The van der Waals surface area contributed by atoms with Gasteiger partial charge in [-0.05, 0) is 58.4 Å². The fraction of sp³-hybridized carbons (Fsp3) is 0.483. The highest BCUT2D eigenvalue weighted by molar-refractivity contribution is 8.13. The van der Waals surface area contributed by atoms with Gasteiger partial charge in [0.1, 0.15) is 11.4 Å². The molecular weight excluding hydrogens is 558 g/mol. The van der Waals surface area contributed by atoms with Crippen LogP contribution in [0.2, 0.25) is 0 Å². The Morgan fingerprint density at radius 2 is 1.93 bits per heavy atom. The molecule has 0 unspecified atom stereocenters. The number of carbonyl (C=O) groups excluding carboxylic acids is 1. The summed E-state index contributed by atoms with van der Waals surface area (Å²) in [6.07, 6.45) is 1.43. The van der Waals surface area contributed by atoms with Crippen molar-refractivity contribution in [1.29, 1.82) is 0 Å². The number of rotatable bonds is 5. The number of amides is 1. The number of aromatic nitrogens is 1. The number of amidine groups is 1. The van der Waals surface area contributed by atoms with Gasteiger partial charge in [-0.3, -0.25) is 4.90 Å². The first-order valence-electron chi connectivity index (χ1n) is 14.1. The fourth-order valence-electron chi connectivity index (χ4n) is 5.26. The predicted octanol–water partition coefficient (Wildman–Crippen LogP) is 5.01. The lowest BCUT2D eigenvalue weighted by atomic mass is 10.1. The third-order valence-corrected chi connectivity index (χ3v) is 9.46. The normalized spacial score (nSPS) is 17.7. The second kappa shape index (κ2) is 11.7. The lowest BCUT2D eigenvalue weighted by Gasteiger charge is -2.35. The first-order valence-corrected chi connectivity index (χ1v) is 15.9.